The summed E-state index contributed by atoms with van der Waals surface area (Å²) in [6.45, 7) is 16.0. The summed E-state index contributed by atoms with van der Waals surface area (Å²) in [4.78, 5) is 3.76. The van der Waals surface area contributed by atoms with Crippen molar-refractivity contribution in [3.05, 3.63) is 149 Å². The zero-order valence-electron chi connectivity index (χ0n) is 24.8. The van der Waals surface area contributed by atoms with Crippen molar-refractivity contribution in [1.29, 1.82) is 0 Å². The average Bonchev–Trinajstić information content (AvgIpc) is 3.27. The minimum atomic E-state index is -0.894. The van der Waals surface area contributed by atoms with Gasteiger partial charge in [0.2, 0.25) is 0 Å². The lowest BCUT2D eigenvalue weighted by atomic mass is 9.74. The highest BCUT2D eigenvalue weighted by molar-refractivity contribution is 6.62. The lowest BCUT2D eigenvalue weighted by molar-refractivity contribution is 0.00578. The Hall–Kier alpha value is -4.63. The minimum absolute atomic E-state index is 0.414. The molecule has 210 valence electrons. The summed E-state index contributed by atoms with van der Waals surface area (Å²) in [5, 5.41) is 0. The van der Waals surface area contributed by atoms with Crippen molar-refractivity contribution in [2.45, 2.75) is 44.5 Å². The third-order valence-corrected chi connectivity index (χ3v) is 9.15. The van der Waals surface area contributed by atoms with Crippen molar-refractivity contribution in [3.63, 3.8) is 0 Å². The van der Waals surface area contributed by atoms with Crippen LogP contribution in [0.5, 0.6) is 5.75 Å². The predicted molar refractivity (Wildman–Crippen MR) is 173 cm³/mol. The van der Waals surface area contributed by atoms with E-state index in [0.29, 0.717) is 5.69 Å². The smallest absolute Gasteiger partial charge is 0.472 e. The number of nitrogens with zero attached hydrogens (tertiary/aromatic N) is 1. The molecule has 0 aromatic heterocycles. The van der Waals surface area contributed by atoms with Gasteiger partial charge in [-0.25, -0.2) is 4.85 Å². The van der Waals surface area contributed by atoms with Crippen molar-refractivity contribution >= 4 is 18.3 Å². The maximum absolute atomic E-state index is 7.73. The second kappa shape index (κ2) is 9.99. The van der Waals surface area contributed by atoms with Crippen LogP contribution in [0.2, 0.25) is 0 Å². The van der Waals surface area contributed by atoms with Gasteiger partial charge in [0, 0.05) is 22.3 Å². The molecular formula is C38H32BNO3. The maximum Gasteiger partial charge on any atom is 0.494 e. The molecule has 43 heavy (non-hydrogen) atoms. The van der Waals surface area contributed by atoms with Crippen LogP contribution in [0, 0.1) is 6.57 Å². The predicted octanol–water partition coefficient (Wildman–Crippen LogP) is 8.55. The molecule has 2 aliphatic heterocycles. The zero-order valence-corrected chi connectivity index (χ0v) is 24.8. The van der Waals surface area contributed by atoms with E-state index < -0.39 is 23.9 Å². The molecule has 0 atom stereocenters. The van der Waals surface area contributed by atoms with Crippen molar-refractivity contribution in [1.82, 2.24) is 0 Å². The molecule has 5 aromatic rings. The number of ether oxygens (including phenoxy) is 1. The van der Waals surface area contributed by atoms with Crippen LogP contribution in [0.1, 0.15) is 44.4 Å². The Morgan fingerprint density at radius 3 is 1.86 bits per heavy atom. The molecule has 1 saturated heterocycles. The van der Waals surface area contributed by atoms with E-state index in [0.717, 1.165) is 50.2 Å². The topological polar surface area (TPSA) is 32.0 Å². The first-order valence-electron chi connectivity index (χ1n) is 14.6. The Morgan fingerprint density at radius 2 is 1.23 bits per heavy atom. The molecule has 2 aliphatic rings. The molecule has 7 rings (SSSR count). The highest BCUT2D eigenvalue weighted by Crippen LogP contribution is 2.53. The number of hydrogen-bond donors (Lipinski definition) is 0. The molecule has 0 bridgehead atoms. The summed E-state index contributed by atoms with van der Waals surface area (Å²) in [5.74, 6) is 0.765. The zero-order chi connectivity index (χ0) is 29.8. The maximum atomic E-state index is 7.73. The molecule has 0 N–H and O–H groups in total. The Labute approximate surface area is 253 Å². The number of fused-ring (bicyclic) bond motifs is 3. The third kappa shape index (κ3) is 4.38. The van der Waals surface area contributed by atoms with E-state index in [1.807, 2.05) is 60.7 Å². The van der Waals surface area contributed by atoms with Crippen molar-refractivity contribution in [3.8, 4) is 28.0 Å². The fourth-order valence-corrected chi connectivity index (χ4v) is 6.15. The van der Waals surface area contributed by atoms with E-state index in [1.54, 1.807) is 0 Å². The van der Waals surface area contributed by atoms with Gasteiger partial charge < -0.3 is 14.0 Å². The fourth-order valence-electron chi connectivity index (χ4n) is 6.15. The second-order valence-electron chi connectivity index (χ2n) is 12.3. The van der Waals surface area contributed by atoms with Crippen LogP contribution >= 0.6 is 0 Å². The molecule has 5 aromatic carbocycles. The van der Waals surface area contributed by atoms with Gasteiger partial charge in [-0.3, -0.25) is 0 Å². The van der Waals surface area contributed by atoms with Gasteiger partial charge in [-0.2, -0.15) is 0 Å². The summed E-state index contributed by atoms with van der Waals surface area (Å²) >= 11 is 0. The van der Waals surface area contributed by atoms with Gasteiger partial charge in [0.05, 0.1) is 17.8 Å². The van der Waals surface area contributed by atoms with Gasteiger partial charge in [0.25, 0.3) is 0 Å². The number of benzene rings is 5. The normalized spacial score (nSPS) is 17.3. The summed E-state index contributed by atoms with van der Waals surface area (Å²) in [5.41, 5.74) is 6.95. The summed E-state index contributed by atoms with van der Waals surface area (Å²) < 4.78 is 19.9. The second-order valence-corrected chi connectivity index (χ2v) is 12.3. The lowest BCUT2D eigenvalue weighted by Crippen LogP contribution is -2.41. The fraction of sp³-hybridized carbons (Fsp3) is 0.184. The SMILES string of the molecule is [C-]#[N+]c1ccc2c(c1)-c1ccc(-c3cccc(B4OC(C)(C)C(C)(C)O4)c3)cc1OC2(c1ccccc1)c1ccccc1. The molecule has 0 aliphatic carbocycles. The Balaban J connectivity index is 1.39. The van der Waals surface area contributed by atoms with E-state index >= 15 is 0 Å². The third-order valence-electron chi connectivity index (χ3n) is 9.15. The lowest BCUT2D eigenvalue weighted by Gasteiger charge is -2.41. The van der Waals surface area contributed by atoms with Crippen LogP contribution in [0.15, 0.2) is 121 Å². The van der Waals surface area contributed by atoms with Crippen molar-refractivity contribution in [2.24, 2.45) is 0 Å². The van der Waals surface area contributed by atoms with E-state index in [9.17, 15) is 0 Å². The van der Waals surface area contributed by atoms with Crippen LogP contribution in [-0.2, 0) is 14.9 Å². The first-order valence-corrected chi connectivity index (χ1v) is 14.6. The molecule has 0 saturated carbocycles. The van der Waals surface area contributed by atoms with E-state index in [2.05, 4.69) is 93.2 Å². The molecule has 0 amide bonds. The molecule has 4 nitrogen and oxygen atoms in total. The van der Waals surface area contributed by atoms with Gasteiger partial charge in [0.15, 0.2) is 11.3 Å². The van der Waals surface area contributed by atoms with Gasteiger partial charge in [-0.1, -0.05) is 109 Å². The highest BCUT2D eigenvalue weighted by atomic mass is 16.7. The van der Waals surface area contributed by atoms with Crippen LogP contribution in [0.4, 0.5) is 5.69 Å². The van der Waals surface area contributed by atoms with Crippen LogP contribution in [-0.4, -0.2) is 18.3 Å². The van der Waals surface area contributed by atoms with Crippen molar-refractivity contribution in [2.75, 3.05) is 0 Å². The quantitative estimate of drug-likeness (QED) is 0.163. The van der Waals surface area contributed by atoms with Gasteiger partial charge >= 0.3 is 7.12 Å². The number of rotatable bonds is 4. The standard InChI is InChI=1S/C38H32BNO3/c1-36(2)37(3,4)43-39(42-36)30-18-12-13-26(23-30)27-19-21-32-33-25-31(40-5)20-22-34(33)38(41-35(32)24-27,28-14-8-6-9-15-28)29-16-10-7-11-17-29/h6-25H,1-4H3. The van der Waals surface area contributed by atoms with E-state index in [-0.39, 0.29) is 0 Å². The molecule has 2 heterocycles. The van der Waals surface area contributed by atoms with Gasteiger partial charge in [-0.05, 0) is 62.0 Å². The first kappa shape index (κ1) is 27.2. The summed E-state index contributed by atoms with van der Waals surface area (Å²) in [7, 11) is -0.443. The molecule has 1 fully saturated rings. The Morgan fingerprint density at radius 1 is 0.605 bits per heavy atom. The summed E-state index contributed by atoms with van der Waals surface area (Å²) in [6, 6.07) is 41.3. The molecule has 5 heteroatoms. The molecule has 0 radical (unpaired) electrons. The van der Waals surface area contributed by atoms with Crippen molar-refractivity contribution < 1.29 is 14.0 Å². The van der Waals surface area contributed by atoms with E-state index in [4.69, 9.17) is 20.6 Å². The average molecular weight is 561 g/mol. The Kier molecular flexibility index (Phi) is 6.32. The van der Waals surface area contributed by atoms with Gasteiger partial charge in [-0.15, -0.1) is 0 Å². The first-order chi connectivity index (χ1) is 20.7. The largest absolute Gasteiger partial charge is 0.494 e. The molecule has 0 spiro atoms. The monoisotopic (exact) mass is 561 g/mol. The van der Waals surface area contributed by atoms with Crippen LogP contribution in [0.3, 0.4) is 0 Å². The van der Waals surface area contributed by atoms with Gasteiger partial charge in [0.1, 0.15) is 5.75 Å². The molecular weight excluding hydrogens is 529 g/mol. The number of hydrogen-bond acceptors (Lipinski definition) is 3. The summed E-state index contributed by atoms with van der Waals surface area (Å²) in [6.07, 6.45) is 0. The minimum Gasteiger partial charge on any atom is -0.472 e. The van der Waals surface area contributed by atoms with Crippen LogP contribution in [0.25, 0.3) is 27.1 Å². The van der Waals surface area contributed by atoms with E-state index in [1.165, 1.54) is 0 Å². The molecule has 0 unspecified atom stereocenters. The highest BCUT2D eigenvalue weighted by Gasteiger charge is 2.51. The Bertz CT molecular complexity index is 1820. The van der Waals surface area contributed by atoms with Crippen LogP contribution < -0.4 is 10.2 Å².